The minimum atomic E-state index is -0.312. The maximum absolute atomic E-state index is 6.29. The summed E-state index contributed by atoms with van der Waals surface area (Å²) >= 11 is 3.67. The quantitative estimate of drug-likeness (QED) is 0.630. The van der Waals surface area contributed by atoms with Crippen LogP contribution >= 0.6 is 15.9 Å². The van der Waals surface area contributed by atoms with Crippen molar-refractivity contribution in [2.24, 2.45) is 0 Å². The van der Waals surface area contributed by atoms with Crippen molar-refractivity contribution in [2.45, 2.75) is 65.6 Å². The van der Waals surface area contributed by atoms with E-state index in [1.54, 1.807) is 0 Å². The third kappa shape index (κ3) is 2.30. The normalized spacial score (nSPS) is 21.6. The Hall–Kier alpha value is -0.960. The molecular formula is C18H23BrO2. The minimum Gasteiger partial charge on any atom is -0.487 e. The fourth-order valence-corrected chi connectivity index (χ4v) is 3.37. The summed E-state index contributed by atoms with van der Waals surface area (Å²) in [5, 5.41) is 0. The summed E-state index contributed by atoms with van der Waals surface area (Å²) in [7, 11) is 0. The summed E-state index contributed by atoms with van der Waals surface area (Å²) in [6.45, 7) is 12.8. The average molecular weight is 351 g/mol. The van der Waals surface area contributed by atoms with Gasteiger partial charge in [0.05, 0.1) is 0 Å². The molecule has 0 aromatic heterocycles. The molecule has 0 unspecified atom stereocenters. The molecule has 2 aliphatic rings. The monoisotopic (exact) mass is 350 g/mol. The first kappa shape index (κ1) is 15.0. The number of fused-ring (bicyclic) bond motifs is 3. The highest BCUT2D eigenvalue weighted by Crippen LogP contribution is 2.49. The van der Waals surface area contributed by atoms with Gasteiger partial charge in [-0.3, -0.25) is 0 Å². The van der Waals surface area contributed by atoms with E-state index in [2.05, 4.69) is 63.5 Å². The fraction of sp³-hybridized carbons (Fsp3) is 0.556. The standard InChI is InChI=1S/C18H23BrO2/c1-10-11(2)16-13(9-14(19)18(5,6)21-16)12-7-8-17(3,4)20-15(10)12/h9H,7-8H2,1-6H3. The zero-order chi connectivity index (χ0) is 15.6. The van der Waals surface area contributed by atoms with Crippen molar-refractivity contribution in [3.8, 4) is 11.5 Å². The second-order valence-electron chi connectivity index (χ2n) is 7.27. The van der Waals surface area contributed by atoms with Gasteiger partial charge in [-0.1, -0.05) is 15.9 Å². The lowest BCUT2D eigenvalue weighted by Gasteiger charge is -2.39. The van der Waals surface area contributed by atoms with Crippen molar-refractivity contribution in [3.05, 3.63) is 26.7 Å². The van der Waals surface area contributed by atoms with Gasteiger partial charge in [-0.25, -0.2) is 0 Å². The average Bonchev–Trinajstić information content (AvgIpc) is 2.38. The summed E-state index contributed by atoms with van der Waals surface area (Å²) in [5.74, 6) is 2.07. The van der Waals surface area contributed by atoms with Crippen molar-refractivity contribution < 1.29 is 9.47 Å². The third-order valence-electron chi connectivity index (χ3n) is 4.65. The molecule has 0 fully saturated rings. The lowest BCUT2D eigenvalue weighted by atomic mass is 9.86. The van der Waals surface area contributed by atoms with Gasteiger partial charge in [0.15, 0.2) is 0 Å². The molecule has 0 saturated carbocycles. The van der Waals surface area contributed by atoms with Crippen LogP contribution in [0.1, 0.15) is 56.4 Å². The van der Waals surface area contributed by atoms with Gasteiger partial charge in [0.2, 0.25) is 0 Å². The topological polar surface area (TPSA) is 18.5 Å². The SMILES string of the molecule is Cc1c(C)c2c(c3c1OC(C)(C)C(Br)=C3)CCC(C)(C)O2. The van der Waals surface area contributed by atoms with E-state index in [4.69, 9.17) is 9.47 Å². The number of halogens is 1. The van der Waals surface area contributed by atoms with E-state index >= 15 is 0 Å². The van der Waals surface area contributed by atoms with Crippen molar-refractivity contribution in [1.82, 2.24) is 0 Å². The Bertz CT molecular complexity index is 654. The van der Waals surface area contributed by atoms with Crippen molar-refractivity contribution >= 4 is 22.0 Å². The summed E-state index contributed by atoms with van der Waals surface area (Å²) in [6.07, 6.45) is 4.28. The van der Waals surface area contributed by atoms with Crippen molar-refractivity contribution in [1.29, 1.82) is 0 Å². The molecule has 0 atom stereocenters. The third-order valence-corrected chi connectivity index (χ3v) is 5.83. The van der Waals surface area contributed by atoms with Crippen LogP contribution in [0.4, 0.5) is 0 Å². The minimum absolute atomic E-state index is 0.0891. The van der Waals surface area contributed by atoms with Crippen molar-refractivity contribution in [2.75, 3.05) is 0 Å². The van der Waals surface area contributed by atoms with Gasteiger partial charge in [-0.15, -0.1) is 0 Å². The molecule has 0 N–H and O–H groups in total. The van der Waals surface area contributed by atoms with Gasteiger partial charge in [-0.05, 0) is 71.6 Å². The molecule has 0 radical (unpaired) electrons. The van der Waals surface area contributed by atoms with Gasteiger partial charge in [0.1, 0.15) is 22.7 Å². The van der Waals surface area contributed by atoms with E-state index in [1.165, 1.54) is 22.3 Å². The lowest BCUT2D eigenvalue weighted by Crippen LogP contribution is -2.35. The fourth-order valence-electron chi connectivity index (χ4n) is 3.06. The molecule has 2 nitrogen and oxygen atoms in total. The Morgan fingerprint density at radius 2 is 1.62 bits per heavy atom. The molecule has 2 aliphatic heterocycles. The van der Waals surface area contributed by atoms with Gasteiger partial charge in [-0.2, -0.15) is 0 Å². The van der Waals surface area contributed by atoms with E-state index in [0.717, 1.165) is 28.8 Å². The van der Waals surface area contributed by atoms with E-state index < -0.39 is 0 Å². The van der Waals surface area contributed by atoms with Crippen LogP contribution in [0.25, 0.3) is 6.08 Å². The van der Waals surface area contributed by atoms with Gasteiger partial charge in [0.25, 0.3) is 0 Å². The molecule has 3 rings (SSSR count). The summed E-state index contributed by atoms with van der Waals surface area (Å²) in [4.78, 5) is 0. The molecular weight excluding hydrogens is 328 g/mol. The molecule has 0 aliphatic carbocycles. The number of hydrogen-bond acceptors (Lipinski definition) is 2. The van der Waals surface area contributed by atoms with Crippen LogP contribution in [0.5, 0.6) is 11.5 Å². The zero-order valence-electron chi connectivity index (χ0n) is 13.7. The summed E-state index contributed by atoms with van der Waals surface area (Å²) in [5.41, 5.74) is 4.47. The second kappa shape index (κ2) is 4.52. The summed E-state index contributed by atoms with van der Waals surface area (Å²) < 4.78 is 13.7. The maximum Gasteiger partial charge on any atom is 0.135 e. The van der Waals surface area contributed by atoms with E-state index in [-0.39, 0.29) is 11.2 Å². The van der Waals surface area contributed by atoms with E-state index in [1.807, 2.05) is 0 Å². The molecule has 0 spiro atoms. The summed E-state index contributed by atoms with van der Waals surface area (Å²) in [6, 6.07) is 0. The van der Waals surface area contributed by atoms with Gasteiger partial charge in [0, 0.05) is 15.6 Å². The number of rotatable bonds is 0. The Morgan fingerprint density at radius 3 is 2.29 bits per heavy atom. The van der Waals surface area contributed by atoms with Crippen LogP contribution < -0.4 is 9.47 Å². The van der Waals surface area contributed by atoms with Crippen LogP contribution in [0, 0.1) is 13.8 Å². The smallest absolute Gasteiger partial charge is 0.135 e. The second-order valence-corrected chi connectivity index (χ2v) is 8.12. The molecule has 0 saturated heterocycles. The zero-order valence-corrected chi connectivity index (χ0v) is 15.3. The largest absolute Gasteiger partial charge is 0.487 e. The van der Waals surface area contributed by atoms with Gasteiger partial charge >= 0.3 is 0 Å². The van der Waals surface area contributed by atoms with Crippen molar-refractivity contribution in [3.63, 3.8) is 0 Å². The maximum atomic E-state index is 6.29. The van der Waals surface area contributed by atoms with Crippen LogP contribution in [-0.4, -0.2) is 11.2 Å². The van der Waals surface area contributed by atoms with Crippen LogP contribution in [-0.2, 0) is 6.42 Å². The highest BCUT2D eigenvalue weighted by Gasteiger charge is 2.36. The Morgan fingerprint density at radius 1 is 1.00 bits per heavy atom. The first-order chi connectivity index (χ1) is 9.62. The predicted octanol–water partition coefficient (Wildman–Crippen LogP) is 5.31. The predicted molar refractivity (Wildman–Crippen MR) is 90.6 cm³/mol. The molecule has 0 amide bonds. The first-order valence-electron chi connectivity index (χ1n) is 7.54. The Labute approximate surface area is 135 Å². The van der Waals surface area contributed by atoms with Gasteiger partial charge < -0.3 is 9.47 Å². The number of benzene rings is 1. The highest BCUT2D eigenvalue weighted by molar-refractivity contribution is 9.11. The van der Waals surface area contributed by atoms with E-state index in [9.17, 15) is 0 Å². The van der Waals surface area contributed by atoms with Crippen LogP contribution in [0.15, 0.2) is 4.48 Å². The Kier molecular flexibility index (Phi) is 3.22. The molecule has 2 heterocycles. The molecule has 1 aromatic carbocycles. The molecule has 114 valence electrons. The molecule has 1 aromatic rings. The Balaban J connectivity index is 2.26. The number of ether oxygens (including phenoxy) is 2. The molecule has 0 bridgehead atoms. The molecule has 3 heteroatoms. The van der Waals surface area contributed by atoms with E-state index in [0.29, 0.717) is 0 Å². The van der Waals surface area contributed by atoms with Crippen LogP contribution in [0.3, 0.4) is 0 Å². The molecule has 21 heavy (non-hydrogen) atoms. The number of hydrogen-bond donors (Lipinski definition) is 0. The highest BCUT2D eigenvalue weighted by atomic mass is 79.9. The lowest BCUT2D eigenvalue weighted by molar-refractivity contribution is 0.0824. The first-order valence-corrected chi connectivity index (χ1v) is 8.33. The van der Waals surface area contributed by atoms with Crippen LogP contribution in [0.2, 0.25) is 0 Å².